The van der Waals surface area contributed by atoms with Gasteiger partial charge in [0.2, 0.25) is 15.9 Å². The molecule has 0 fully saturated rings. The first-order chi connectivity index (χ1) is 16.0. The average Bonchev–Trinajstić information content (AvgIpc) is 3.10. The molecule has 0 aliphatic rings. The van der Waals surface area contributed by atoms with Gasteiger partial charge < -0.3 is 10.5 Å². The molecule has 1 aromatic heterocycles. The van der Waals surface area contributed by atoms with Crippen LogP contribution in [0.15, 0.2) is 41.3 Å². The van der Waals surface area contributed by atoms with Crippen LogP contribution in [0.4, 0.5) is 5.69 Å². The van der Waals surface area contributed by atoms with Gasteiger partial charge in [0.05, 0.1) is 10.6 Å². The Labute approximate surface area is 196 Å². The maximum atomic E-state index is 12.9. The first kappa shape index (κ1) is 24.9. The lowest BCUT2D eigenvalue weighted by Gasteiger charge is -2.15. The molecule has 0 aliphatic carbocycles. The number of hydrogen-bond acceptors (Lipinski definition) is 7. The summed E-state index contributed by atoms with van der Waals surface area (Å²) >= 11 is 0. The number of carbonyl (C=O) groups is 1. The first-order valence-electron chi connectivity index (χ1n) is 10.4. The number of nitro benzene ring substituents is 1. The molecule has 0 aliphatic heterocycles. The third-order valence-electron chi connectivity index (χ3n) is 5.28. The number of carbonyl (C=O) groups excluding carboxylic acids is 1. The van der Waals surface area contributed by atoms with E-state index in [0.717, 1.165) is 23.3 Å². The molecule has 11 nitrogen and oxygen atoms in total. The first-order valence-corrected chi connectivity index (χ1v) is 11.9. The monoisotopic (exact) mass is 487 g/mol. The highest BCUT2D eigenvalue weighted by atomic mass is 32.2. The maximum Gasteiger partial charge on any atom is 0.271 e. The normalized spacial score (nSPS) is 11.4. The molecular weight excluding hydrogens is 462 g/mol. The summed E-state index contributed by atoms with van der Waals surface area (Å²) in [5.74, 6) is -0.893. The summed E-state index contributed by atoms with van der Waals surface area (Å²) in [5.41, 5.74) is 7.73. The molecule has 0 unspecified atom stereocenters. The van der Waals surface area contributed by atoms with Crippen LogP contribution in [0.1, 0.15) is 40.5 Å². The Bertz CT molecular complexity index is 1380. The van der Waals surface area contributed by atoms with E-state index in [1.54, 1.807) is 26.0 Å². The third kappa shape index (κ3) is 4.77. The number of benzene rings is 2. The number of hydrogen-bond donors (Lipinski definition) is 2. The van der Waals surface area contributed by atoms with Gasteiger partial charge in [-0.15, -0.1) is 0 Å². The summed E-state index contributed by atoms with van der Waals surface area (Å²) in [6.07, 6.45) is 0.519. The molecule has 12 heteroatoms. The predicted octanol–water partition coefficient (Wildman–Crippen LogP) is 3.29. The van der Waals surface area contributed by atoms with E-state index < -0.39 is 31.4 Å². The smallest absolute Gasteiger partial charge is 0.271 e. The van der Waals surface area contributed by atoms with Crippen LogP contribution >= 0.6 is 0 Å². The lowest BCUT2D eigenvalue weighted by atomic mass is 10.1. The van der Waals surface area contributed by atoms with E-state index >= 15 is 0 Å². The topological polar surface area (TPSA) is 159 Å². The molecule has 0 saturated carbocycles. The van der Waals surface area contributed by atoms with Crippen molar-refractivity contribution in [3.05, 3.63) is 68.9 Å². The van der Waals surface area contributed by atoms with Crippen LogP contribution in [-0.4, -0.2) is 35.6 Å². The Kier molecular flexibility index (Phi) is 7.03. The van der Waals surface area contributed by atoms with Crippen molar-refractivity contribution in [1.29, 1.82) is 0 Å². The van der Waals surface area contributed by atoms with Crippen LogP contribution in [0.2, 0.25) is 0 Å². The van der Waals surface area contributed by atoms with Gasteiger partial charge in [-0.2, -0.15) is 9.78 Å². The van der Waals surface area contributed by atoms with E-state index in [1.165, 1.54) is 10.7 Å². The number of nitrogens with two attached hydrogens (primary N) is 1. The standard InChI is InChI=1S/C22H25N5O6S/c1-5-11-24-34(31,32)19-12-16(27(29)30)9-10-18(19)33-22-15(4)20(21(23)28)25-26(22)17-8-6-7-13(2)14(17)3/h6-10,12,24H,5,11H2,1-4H3,(H2,23,28). The Morgan fingerprint density at radius 3 is 2.53 bits per heavy atom. The third-order valence-corrected chi connectivity index (χ3v) is 6.76. The summed E-state index contributed by atoms with van der Waals surface area (Å²) in [5, 5.41) is 15.6. The number of sulfonamides is 1. The van der Waals surface area contributed by atoms with Gasteiger partial charge in [-0.25, -0.2) is 13.1 Å². The molecule has 3 rings (SSSR count). The van der Waals surface area contributed by atoms with Gasteiger partial charge in [-0.1, -0.05) is 19.1 Å². The Balaban J connectivity index is 2.24. The van der Waals surface area contributed by atoms with Crippen LogP contribution in [0, 0.1) is 30.9 Å². The summed E-state index contributed by atoms with van der Waals surface area (Å²) in [7, 11) is -4.14. The largest absolute Gasteiger partial charge is 0.437 e. The van der Waals surface area contributed by atoms with Crippen LogP contribution in [0.25, 0.3) is 5.69 Å². The van der Waals surface area contributed by atoms with E-state index in [1.807, 2.05) is 19.9 Å². The summed E-state index contributed by atoms with van der Waals surface area (Å²) < 4.78 is 35.6. The number of aromatic nitrogens is 2. The Hall–Kier alpha value is -3.77. The quantitative estimate of drug-likeness (QED) is 0.346. The molecule has 1 heterocycles. The van der Waals surface area contributed by atoms with E-state index in [9.17, 15) is 23.3 Å². The lowest BCUT2D eigenvalue weighted by molar-refractivity contribution is -0.385. The number of rotatable bonds is 9. The second-order valence-corrected chi connectivity index (χ2v) is 9.40. The summed E-state index contributed by atoms with van der Waals surface area (Å²) in [4.78, 5) is 22.2. The van der Waals surface area contributed by atoms with E-state index in [0.29, 0.717) is 12.1 Å². The Morgan fingerprint density at radius 1 is 1.21 bits per heavy atom. The number of ether oxygens (including phenoxy) is 1. The van der Waals surface area contributed by atoms with Crippen molar-refractivity contribution in [1.82, 2.24) is 14.5 Å². The molecule has 0 bridgehead atoms. The molecular formula is C22H25N5O6S. The second kappa shape index (κ2) is 9.61. The molecule has 0 spiro atoms. The van der Waals surface area contributed by atoms with Gasteiger partial charge in [0, 0.05) is 24.2 Å². The van der Waals surface area contributed by atoms with E-state index in [2.05, 4.69) is 9.82 Å². The zero-order valence-corrected chi connectivity index (χ0v) is 20.0. The molecule has 0 saturated heterocycles. The van der Waals surface area contributed by atoms with E-state index in [-0.39, 0.29) is 29.4 Å². The van der Waals surface area contributed by atoms with Crippen LogP contribution in [-0.2, 0) is 10.0 Å². The lowest BCUT2D eigenvalue weighted by Crippen LogP contribution is -2.25. The van der Waals surface area contributed by atoms with Gasteiger partial charge >= 0.3 is 0 Å². The molecule has 0 radical (unpaired) electrons. The van der Waals surface area contributed by atoms with Gasteiger partial charge in [-0.3, -0.25) is 14.9 Å². The minimum absolute atomic E-state index is 0.0497. The fourth-order valence-electron chi connectivity index (χ4n) is 3.29. The fourth-order valence-corrected chi connectivity index (χ4v) is 4.56. The predicted molar refractivity (Wildman–Crippen MR) is 125 cm³/mol. The number of aryl methyl sites for hydroxylation is 1. The van der Waals surface area contributed by atoms with Crippen molar-refractivity contribution in [3.8, 4) is 17.3 Å². The summed E-state index contributed by atoms with van der Waals surface area (Å²) in [6.45, 7) is 7.26. The van der Waals surface area contributed by atoms with E-state index in [4.69, 9.17) is 10.5 Å². The average molecular weight is 488 g/mol. The van der Waals surface area contributed by atoms with Crippen molar-refractivity contribution >= 4 is 21.6 Å². The van der Waals surface area contributed by atoms with Gasteiger partial charge in [0.15, 0.2) is 5.69 Å². The number of nitrogens with zero attached hydrogens (tertiary/aromatic N) is 3. The molecule has 3 N–H and O–H groups in total. The van der Waals surface area contributed by atoms with Crippen molar-refractivity contribution in [2.24, 2.45) is 5.73 Å². The number of non-ortho nitro benzene ring substituents is 1. The van der Waals surface area contributed by atoms with Crippen molar-refractivity contribution in [2.75, 3.05) is 6.54 Å². The minimum Gasteiger partial charge on any atom is -0.437 e. The minimum atomic E-state index is -4.14. The van der Waals surface area contributed by atoms with Crippen LogP contribution in [0.3, 0.4) is 0 Å². The number of primary amides is 1. The molecule has 34 heavy (non-hydrogen) atoms. The molecule has 180 valence electrons. The van der Waals surface area contributed by atoms with Crippen molar-refractivity contribution < 1.29 is 22.9 Å². The summed E-state index contributed by atoms with van der Waals surface area (Å²) in [6, 6.07) is 8.74. The van der Waals surface area contributed by atoms with Crippen molar-refractivity contribution in [3.63, 3.8) is 0 Å². The van der Waals surface area contributed by atoms with Gasteiger partial charge in [0.1, 0.15) is 10.6 Å². The van der Waals surface area contributed by atoms with Gasteiger partial charge in [-0.05, 0) is 50.5 Å². The maximum absolute atomic E-state index is 12.9. The molecule has 1 amide bonds. The SMILES string of the molecule is CCCNS(=O)(=O)c1cc([N+](=O)[O-])ccc1Oc1c(C)c(C(N)=O)nn1-c1cccc(C)c1C. The number of nitro groups is 1. The molecule has 3 aromatic rings. The van der Waals surface area contributed by atoms with Crippen LogP contribution in [0.5, 0.6) is 11.6 Å². The highest BCUT2D eigenvalue weighted by Gasteiger charge is 2.27. The molecule has 2 aromatic carbocycles. The number of amides is 1. The van der Waals surface area contributed by atoms with Gasteiger partial charge in [0.25, 0.3) is 11.6 Å². The van der Waals surface area contributed by atoms with Crippen molar-refractivity contribution in [2.45, 2.75) is 39.0 Å². The highest BCUT2D eigenvalue weighted by Crippen LogP contribution is 2.36. The molecule has 0 atom stereocenters. The zero-order valence-electron chi connectivity index (χ0n) is 19.2. The Morgan fingerprint density at radius 2 is 1.91 bits per heavy atom. The zero-order chi connectivity index (χ0) is 25.2. The second-order valence-electron chi connectivity index (χ2n) is 7.66. The highest BCUT2D eigenvalue weighted by molar-refractivity contribution is 7.89. The van der Waals surface area contributed by atoms with Crippen LogP contribution < -0.4 is 15.2 Å². The fraction of sp³-hybridized carbons (Fsp3) is 0.273. The number of nitrogens with one attached hydrogen (secondary N) is 1.